The van der Waals surface area contributed by atoms with Gasteiger partial charge in [0.2, 0.25) is 0 Å². The Bertz CT molecular complexity index is 2060. The van der Waals surface area contributed by atoms with Crippen LogP contribution in [0.1, 0.15) is 58.7 Å². The third kappa shape index (κ3) is 15.9. The van der Waals surface area contributed by atoms with Crippen molar-refractivity contribution in [1.82, 2.24) is 25.9 Å². The van der Waals surface area contributed by atoms with Gasteiger partial charge in [0.1, 0.15) is 10.0 Å². The van der Waals surface area contributed by atoms with Crippen LogP contribution in [0.25, 0.3) is 21.1 Å². The quantitative estimate of drug-likeness (QED) is 0.0752. The Kier molecular flexibility index (Phi) is 19.9. The molecule has 6 aromatic rings. The van der Waals surface area contributed by atoms with Crippen molar-refractivity contribution in [2.45, 2.75) is 45.4 Å². The lowest BCUT2D eigenvalue weighted by Gasteiger charge is -2.07. The van der Waals surface area contributed by atoms with Gasteiger partial charge in [-0.1, -0.05) is 67.5 Å². The zero-order valence-electron chi connectivity index (χ0n) is 32.4. The molecule has 6 rings (SSSR count). The number of benzene rings is 4. The van der Waals surface area contributed by atoms with Crippen LogP contribution in [0.2, 0.25) is 0 Å². The zero-order chi connectivity index (χ0) is 39.1. The first-order valence-electron chi connectivity index (χ1n) is 18.8. The van der Waals surface area contributed by atoms with Gasteiger partial charge in [-0.25, -0.2) is 9.97 Å². The van der Waals surface area contributed by atoms with Crippen LogP contribution in [0.5, 0.6) is 0 Å². The molecule has 284 valence electrons. The molecule has 55 heavy (non-hydrogen) atoms. The van der Waals surface area contributed by atoms with E-state index < -0.39 is 0 Å². The largest absolute Gasteiger partial charge is 0.319 e. The van der Waals surface area contributed by atoms with Crippen molar-refractivity contribution in [2.75, 3.05) is 40.8 Å². The average molecular weight is 878 g/mol. The minimum absolute atomic E-state index is 0.896. The molecule has 5 nitrogen and oxygen atoms in total. The van der Waals surface area contributed by atoms with Gasteiger partial charge in [-0.3, -0.25) is 0 Å². The molecule has 3 N–H and O–H groups in total. The Hall–Kier alpha value is -4.13. The second kappa shape index (κ2) is 25.1. The molecule has 0 bridgehead atoms. The van der Waals surface area contributed by atoms with E-state index in [1.54, 1.807) is 28.9 Å². The highest BCUT2D eigenvalue weighted by Crippen LogP contribution is 2.23. The molecule has 0 amide bonds. The van der Waals surface area contributed by atoms with Crippen molar-refractivity contribution in [3.8, 4) is 45.3 Å². The summed E-state index contributed by atoms with van der Waals surface area (Å²) in [5.74, 6) is 9.33. The van der Waals surface area contributed by atoms with E-state index in [9.17, 15) is 0 Å². The molecule has 0 spiro atoms. The minimum atomic E-state index is 0.896. The topological polar surface area (TPSA) is 61.9 Å². The van der Waals surface area contributed by atoms with E-state index in [1.165, 1.54) is 38.7 Å². The van der Waals surface area contributed by atoms with Crippen molar-refractivity contribution in [1.29, 1.82) is 0 Å². The fraction of sp³-hybridized carbons (Fsp3) is 0.277. The number of aryl methyl sites for hydroxylation is 1. The molecule has 0 saturated carbocycles. The van der Waals surface area contributed by atoms with Crippen LogP contribution in [-0.2, 0) is 25.7 Å². The van der Waals surface area contributed by atoms with Gasteiger partial charge in [-0.2, -0.15) is 0 Å². The highest BCUT2D eigenvalue weighted by Gasteiger charge is 2.03. The van der Waals surface area contributed by atoms with E-state index in [2.05, 4.69) is 134 Å². The summed E-state index contributed by atoms with van der Waals surface area (Å²) in [5.41, 5.74) is 10.9. The highest BCUT2D eigenvalue weighted by atomic mass is 127. The summed E-state index contributed by atoms with van der Waals surface area (Å²) in [6.45, 7) is 5.32. The Morgan fingerprint density at radius 1 is 0.600 bits per heavy atom. The van der Waals surface area contributed by atoms with E-state index in [0.717, 1.165) is 83.2 Å². The van der Waals surface area contributed by atoms with Gasteiger partial charge in [0, 0.05) is 54.5 Å². The summed E-state index contributed by atoms with van der Waals surface area (Å²) in [6.07, 6.45) is 15.8. The molecule has 8 heteroatoms. The first-order valence-corrected chi connectivity index (χ1v) is 21.6. The molecule has 0 aliphatic carbocycles. The number of hydrogen-bond donors (Lipinski definition) is 3. The number of unbranched alkanes of at least 4 members (excludes halogenated alkanes) is 1. The van der Waals surface area contributed by atoms with Gasteiger partial charge in [-0.15, -0.1) is 29.1 Å². The summed E-state index contributed by atoms with van der Waals surface area (Å²) in [5, 5.41) is 15.6. The molecule has 0 atom stereocenters. The van der Waals surface area contributed by atoms with Gasteiger partial charge in [-0.05, 0) is 166 Å². The number of rotatable bonds is 14. The first-order chi connectivity index (χ1) is 26.9. The molecule has 0 fully saturated rings. The molecular weight excluding hydrogens is 826 g/mol. The van der Waals surface area contributed by atoms with Gasteiger partial charge >= 0.3 is 0 Å². The van der Waals surface area contributed by atoms with Crippen molar-refractivity contribution in [3.05, 3.63) is 151 Å². The second-order valence-corrected chi connectivity index (χ2v) is 15.9. The molecule has 2 heterocycles. The fourth-order valence-electron chi connectivity index (χ4n) is 5.67. The predicted octanol–water partition coefficient (Wildman–Crippen LogP) is 9.92. The van der Waals surface area contributed by atoms with Crippen molar-refractivity contribution in [3.63, 3.8) is 0 Å². The lowest BCUT2D eigenvalue weighted by molar-refractivity contribution is 0.779. The lowest BCUT2D eigenvalue weighted by Crippen LogP contribution is -2.12. The van der Waals surface area contributed by atoms with Crippen LogP contribution in [0, 0.1) is 27.8 Å². The highest BCUT2D eigenvalue weighted by molar-refractivity contribution is 14.1. The maximum absolute atomic E-state index is 5.31. The lowest BCUT2D eigenvalue weighted by atomic mass is 10.00. The maximum Gasteiger partial charge on any atom is 0.123 e. The number of thiazole rings is 2. The SMILES string of the molecule is C#Cc1cccc(-c2nccs2)c1.CCCCc1cc(C#Cc2cccc(-c3nccs3)c2)cc(CCNC)c1.CNCCc1cc(I)cc(CCNC)c1. The monoisotopic (exact) mass is 877 g/mol. The average Bonchev–Trinajstić information content (AvgIpc) is 3.97. The van der Waals surface area contributed by atoms with Gasteiger partial charge < -0.3 is 16.0 Å². The summed E-state index contributed by atoms with van der Waals surface area (Å²) in [4.78, 5) is 8.60. The van der Waals surface area contributed by atoms with Gasteiger partial charge in [0.05, 0.1) is 0 Å². The number of halogens is 1. The van der Waals surface area contributed by atoms with E-state index in [-0.39, 0.29) is 0 Å². The third-order valence-electron chi connectivity index (χ3n) is 8.48. The number of nitrogens with zero attached hydrogens (tertiary/aromatic N) is 2. The Balaban J connectivity index is 0.000000202. The maximum atomic E-state index is 5.31. The standard InChI is InChI=1S/C24H26N2S.C12H19IN2.C11H7NS/c1-3-4-6-20-15-21(17-22(16-20)11-12-25-2)10-9-19-7-5-8-23(18-19)24-26-13-14-27-24;1-14-5-3-10-7-11(4-6-15-2)9-12(13)8-10;1-2-9-4-3-5-10(8-9)11-12-6-7-13-11/h5,7-8,13-18,25H,3-4,6,11-12H2,1-2H3;7-9,14-15H,3-6H2,1-2H3;1,3-8H. The smallest absolute Gasteiger partial charge is 0.123 e. The minimum Gasteiger partial charge on any atom is -0.319 e. The van der Waals surface area contributed by atoms with Crippen molar-refractivity contribution >= 4 is 45.3 Å². The normalized spacial score (nSPS) is 10.3. The molecule has 4 aromatic carbocycles. The number of hydrogen-bond acceptors (Lipinski definition) is 7. The third-order valence-corrected chi connectivity index (χ3v) is 10.7. The molecule has 0 aliphatic rings. The fourth-order valence-corrected chi connectivity index (χ4v) is 7.74. The Labute approximate surface area is 351 Å². The molecule has 0 aliphatic heterocycles. The van der Waals surface area contributed by atoms with E-state index >= 15 is 0 Å². The van der Waals surface area contributed by atoms with Crippen LogP contribution < -0.4 is 16.0 Å². The van der Waals surface area contributed by atoms with Crippen LogP contribution in [0.15, 0.2) is 108 Å². The van der Waals surface area contributed by atoms with Crippen LogP contribution in [0.3, 0.4) is 0 Å². The Morgan fingerprint density at radius 3 is 1.55 bits per heavy atom. The number of nitrogens with one attached hydrogen (secondary N) is 3. The summed E-state index contributed by atoms with van der Waals surface area (Å²) < 4.78 is 1.34. The Morgan fingerprint density at radius 2 is 1.07 bits per heavy atom. The molecule has 0 radical (unpaired) electrons. The number of aromatic nitrogens is 2. The van der Waals surface area contributed by atoms with Gasteiger partial charge in [0.15, 0.2) is 0 Å². The molecule has 2 aromatic heterocycles. The number of likely N-dealkylation sites (N-methyl/N-ethyl adjacent to an activating group) is 3. The molecule has 0 saturated heterocycles. The predicted molar refractivity (Wildman–Crippen MR) is 246 cm³/mol. The van der Waals surface area contributed by atoms with E-state index in [0.29, 0.717) is 0 Å². The summed E-state index contributed by atoms with van der Waals surface area (Å²) in [6, 6.07) is 29.8. The van der Waals surface area contributed by atoms with Crippen LogP contribution in [-0.4, -0.2) is 50.7 Å². The van der Waals surface area contributed by atoms with E-state index in [4.69, 9.17) is 6.42 Å². The first kappa shape index (κ1) is 43.6. The molecular formula is C47H52IN5S2. The summed E-state index contributed by atoms with van der Waals surface area (Å²) in [7, 11) is 5.99. The van der Waals surface area contributed by atoms with Gasteiger partial charge in [0.25, 0.3) is 0 Å². The van der Waals surface area contributed by atoms with E-state index in [1.807, 2.05) is 62.4 Å². The van der Waals surface area contributed by atoms with Crippen LogP contribution in [0.4, 0.5) is 0 Å². The molecule has 0 unspecified atom stereocenters. The number of terminal acetylenes is 1. The summed E-state index contributed by atoms with van der Waals surface area (Å²) >= 11 is 5.66. The second-order valence-electron chi connectivity index (χ2n) is 12.9. The van der Waals surface area contributed by atoms with Crippen LogP contribution >= 0.6 is 45.3 Å². The van der Waals surface area contributed by atoms with Crippen molar-refractivity contribution < 1.29 is 0 Å². The zero-order valence-corrected chi connectivity index (χ0v) is 36.2. The van der Waals surface area contributed by atoms with Crippen molar-refractivity contribution in [2.24, 2.45) is 0 Å².